The molecule has 0 atom stereocenters. The lowest BCUT2D eigenvalue weighted by Gasteiger charge is -2.38. The van der Waals surface area contributed by atoms with Gasteiger partial charge in [-0.1, -0.05) is 126 Å². The smallest absolute Gasteiger partial charge is 0.328 e. The van der Waals surface area contributed by atoms with Crippen molar-refractivity contribution >= 4 is 11.9 Å². The molecule has 1 aliphatic rings. The molecule has 1 aromatic rings. The lowest BCUT2D eigenvalue weighted by atomic mass is 9.84. The number of allylic oxidation sites excluding steroid dienone is 16. The Labute approximate surface area is 238 Å². The van der Waals surface area contributed by atoms with E-state index in [1.807, 2.05) is 125 Å². The Bertz CT molecular complexity index is 1280. The molecule has 1 aromatic carbocycles. The lowest BCUT2D eigenvalue weighted by molar-refractivity contribution is -0.132. The highest BCUT2D eigenvalue weighted by Gasteiger charge is 2.34. The van der Waals surface area contributed by atoms with Crippen LogP contribution < -0.4 is 0 Å². The highest BCUT2D eigenvalue weighted by atomic mass is 16.4. The summed E-state index contributed by atoms with van der Waals surface area (Å²) < 4.78 is 0. The van der Waals surface area contributed by atoms with Crippen LogP contribution in [0, 0.1) is 0 Å². The number of carbonyl (C=O) groups is 2. The van der Waals surface area contributed by atoms with Crippen molar-refractivity contribution in [1.82, 2.24) is 4.90 Å². The molecule has 0 spiro atoms. The highest BCUT2D eigenvalue weighted by molar-refractivity contribution is 5.88. The summed E-state index contributed by atoms with van der Waals surface area (Å²) >= 11 is 0. The fraction of sp³-hybridized carbons (Fsp3) is 0.257. The molecule has 2 rings (SSSR count). The standard InChI is InChI=1S/C35H41NO4/c1-28(12-8-9-13-29(2)15-11-17-31(4)21-23-34(38)39)14-10-16-30(3)20-22-33(37)36-26-24-35(40,25-27-36)32-18-6-5-7-19-32/h5-23,40H,24-27H2,1-4H3,(H,38,39)/b9-8+,14-10+,15-11+,22-20+,23-21+,28-12+,29-13+,30-16+,31-17-. The van der Waals surface area contributed by atoms with E-state index >= 15 is 0 Å². The van der Waals surface area contributed by atoms with Gasteiger partial charge in [-0.05, 0) is 46.1 Å². The van der Waals surface area contributed by atoms with Gasteiger partial charge in [-0.15, -0.1) is 0 Å². The number of carbonyl (C=O) groups excluding carboxylic acids is 1. The van der Waals surface area contributed by atoms with Gasteiger partial charge in [-0.3, -0.25) is 4.79 Å². The Morgan fingerprint density at radius 2 is 1.12 bits per heavy atom. The van der Waals surface area contributed by atoms with Crippen LogP contribution in [0.25, 0.3) is 0 Å². The van der Waals surface area contributed by atoms with Crippen LogP contribution in [-0.2, 0) is 15.2 Å². The lowest BCUT2D eigenvalue weighted by Crippen LogP contribution is -2.44. The number of carboxylic acids is 1. The van der Waals surface area contributed by atoms with Gasteiger partial charge in [0.2, 0.25) is 5.91 Å². The van der Waals surface area contributed by atoms with Gasteiger partial charge in [-0.25, -0.2) is 4.79 Å². The molecule has 40 heavy (non-hydrogen) atoms. The number of benzene rings is 1. The summed E-state index contributed by atoms with van der Waals surface area (Å²) in [5.74, 6) is -0.994. The number of piperidine rings is 1. The number of hydrogen-bond acceptors (Lipinski definition) is 3. The molecule has 0 radical (unpaired) electrons. The molecule has 5 heteroatoms. The topological polar surface area (TPSA) is 77.8 Å². The molecule has 2 N–H and O–H groups in total. The maximum absolute atomic E-state index is 12.6. The van der Waals surface area contributed by atoms with Gasteiger partial charge >= 0.3 is 5.97 Å². The Kier molecular flexibility index (Phi) is 13.3. The Morgan fingerprint density at radius 3 is 1.62 bits per heavy atom. The molecule has 0 aromatic heterocycles. The van der Waals surface area contributed by atoms with Gasteiger partial charge < -0.3 is 15.1 Å². The number of likely N-dealkylation sites (tertiary alicyclic amines) is 1. The Morgan fingerprint density at radius 1 is 0.675 bits per heavy atom. The average Bonchev–Trinajstić information content (AvgIpc) is 2.94. The van der Waals surface area contributed by atoms with Gasteiger partial charge in [-0.2, -0.15) is 0 Å². The summed E-state index contributed by atoms with van der Waals surface area (Å²) in [4.78, 5) is 25.0. The largest absolute Gasteiger partial charge is 0.478 e. The van der Waals surface area contributed by atoms with E-state index in [2.05, 4.69) is 0 Å². The summed E-state index contributed by atoms with van der Waals surface area (Å²) in [6.45, 7) is 8.88. The maximum Gasteiger partial charge on any atom is 0.328 e. The van der Waals surface area contributed by atoms with E-state index in [4.69, 9.17) is 5.11 Å². The third-order valence-corrected chi connectivity index (χ3v) is 6.46. The van der Waals surface area contributed by atoms with E-state index in [0.29, 0.717) is 25.9 Å². The molecule has 210 valence electrons. The summed E-state index contributed by atoms with van der Waals surface area (Å²) in [5.41, 5.74) is 4.04. The number of aliphatic carboxylic acids is 1. The number of carboxylic acid groups (broad SMARTS) is 1. The minimum Gasteiger partial charge on any atom is -0.478 e. The zero-order valence-electron chi connectivity index (χ0n) is 24.0. The van der Waals surface area contributed by atoms with Crippen molar-refractivity contribution in [3.8, 4) is 0 Å². The van der Waals surface area contributed by atoms with Crippen molar-refractivity contribution in [2.45, 2.75) is 46.1 Å². The average molecular weight is 540 g/mol. The minimum absolute atomic E-state index is 0.0348. The molecule has 0 unspecified atom stereocenters. The second-order valence-electron chi connectivity index (χ2n) is 9.97. The SMILES string of the molecule is CC(=C/C=C/C(C)=C/C=C/C=C(C)/C=C/C=C(C)/C=C/C(=O)N1CCC(O)(c2ccccc2)CC1)/C=C/C(=O)O. The zero-order valence-corrected chi connectivity index (χ0v) is 24.0. The van der Waals surface area contributed by atoms with Crippen LogP contribution in [0.1, 0.15) is 46.1 Å². The van der Waals surface area contributed by atoms with Crippen molar-refractivity contribution < 1.29 is 19.8 Å². The van der Waals surface area contributed by atoms with Gasteiger partial charge in [0.25, 0.3) is 0 Å². The minimum atomic E-state index is -0.959. The summed E-state index contributed by atoms with van der Waals surface area (Å²) in [6.07, 6.45) is 26.8. The van der Waals surface area contributed by atoms with E-state index in [9.17, 15) is 14.7 Å². The maximum atomic E-state index is 12.6. The molecule has 1 saturated heterocycles. The molecule has 1 heterocycles. The fourth-order valence-electron chi connectivity index (χ4n) is 3.99. The van der Waals surface area contributed by atoms with Crippen LogP contribution in [0.4, 0.5) is 0 Å². The van der Waals surface area contributed by atoms with Crippen LogP contribution in [0.5, 0.6) is 0 Å². The number of nitrogens with zero attached hydrogens (tertiary/aromatic N) is 1. The van der Waals surface area contributed by atoms with Crippen LogP contribution in [0.15, 0.2) is 138 Å². The molecule has 1 fully saturated rings. The van der Waals surface area contributed by atoms with Gasteiger partial charge in [0.05, 0.1) is 5.60 Å². The first kappa shape index (κ1) is 32.0. The molecular weight excluding hydrogens is 498 g/mol. The second kappa shape index (κ2) is 16.7. The first-order chi connectivity index (χ1) is 19.1. The van der Waals surface area contributed by atoms with E-state index in [1.54, 1.807) is 17.1 Å². The predicted octanol–water partition coefficient (Wildman–Crippen LogP) is 7.15. The third kappa shape index (κ3) is 12.1. The van der Waals surface area contributed by atoms with Crippen LogP contribution in [-0.4, -0.2) is 40.1 Å². The van der Waals surface area contributed by atoms with Crippen molar-refractivity contribution in [3.63, 3.8) is 0 Å². The normalized spacial score (nSPS) is 17.8. The molecule has 0 aliphatic carbocycles. The number of aliphatic hydroxyl groups is 1. The summed E-state index contributed by atoms with van der Waals surface area (Å²) in [5, 5.41) is 19.6. The van der Waals surface area contributed by atoms with E-state index < -0.39 is 11.6 Å². The van der Waals surface area contributed by atoms with Gasteiger partial charge in [0.1, 0.15) is 0 Å². The second-order valence-corrected chi connectivity index (χ2v) is 9.97. The fourth-order valence-corrected chi connectivity index (χ4v) is 3.99. The van der Waals surface area contributed by atoms with Gasteiger partial charge in [0.15, 0.2) is 0 Å². The summed E-state index contributed by atoms with van der Waals surface area (Å²) in [6, 6.07) is 9.68. The van der Waals surface area contributed by atoms with E-state index in [-0.39, 0.29) is 5.91 Å². The van der Waals surface area contributed by atoms with Gasteiger partial charge in [0, 0.05) is 25.2 Å². The quantitative estimate of drug-likeness (QED) is 0.231. The van der Waals surface area contributed by atoms with Crippen molar-refractivity contribution in [2.75, 3.05) is 13.1 Å². The zero-order chi connectivity index (χ0) is 29.4. The summed E-state index contributed by atoms with van der Waals surface area (Å²) in [7, 11) is 0. The Hall–Kier alpha value is -4.22. The molecule has 5 nitrogen and oxygen atoms in total. The molecular formula is C35H41NO4. The van der Waals surface area contributed by atoms with E-state index in [1.165, 1.54) is 0 Å². The number of hydrogen-bond donors (Lipinski definition) is 2. The molecule has 1 aliphatic heterocycles. The molecule has 0 saturated carbocycles. The number of amides is 1. The Balaban J connectivity index is 1.80. The van der Waals surface area contributed by atoms with Crippen LogP contribution in [0.3, 0.4) is 0 Å². The molecule has 1 amide bonds. The highest BCUT2D eigenvalue weighted by Crippen LogP contribution is 2.32. The third-order valence-electron chi connectivity index (χ3n) is 6.46. The van der Waals surface area contributed by atoms with Crippen LogP contribution in [0.2, 0.25) is 0 Å². The predicted molar refractivity (Wildman–Crippen MR) is 165 cm³/mol. The monoisotopic (exact) mass is 539 g/mol. The van der Waals surface area contributed by atoms with Crippen molar-refractivity contribution in [1.29, 1.82) is 0 Å². The first-order valence-electron chi connectivity index (χ1n) is 13.5. The first-order valence-corrected chi connectivity index (χ1v) is 13.5. The van der Waals surface area contributed by atoms with Crippen LogP contribution >= 0.6 is 0 Å². The number of rotatable bonds is 11. The van der Waals surface area contributed by atoms with Crippen molar-refractivity contribution in [2.24, 2.45) is 0 Å². The van der Waals surface area contributed by atoms with E-state index in [0.717, 1.165) is 33.9 Å². The van der Waals surface area contributed by atoms with Crippen molar-refractivity contribution in [3.05, 3.63) is 143 Å². The molecule has 0 bridgehead atoms.